The first kappa shape index (κ1) is 16.8. The highest BCUT2D eigenvalue weighted by atomic mass is 16.5. The zero-order valence-corrected chi connectivity index (χ0v) is 14.0. The van der Waals surface area contributed by atoms with Gasteiger partial charge < -0.3 is 10.1 Å². The van der Waals surface area contributed by atoms with E-state index in [1.807, 2.05) is 72.8 Å². The van der Waals surface area contributed by atoms with Crippen LogP contribution in [-0.2, 0) is 11.2 Å². The fraction of sp³-hybridized carbons (Fsp3) is 0.136. The van der Waals surface area contributed by atoms with E-state index in [0.717, 1.165) is 30.0 Å². The summed E-state index contributed by atoms with van der Waals surface area (Å²) in [6.45, 7) is 0. The van der Waals surface area contributed by atoms with Gasteiger partial charge in [0.25, 0.3) is 0 Å². The van der Waals surface area contributed by atoms with Gasteiger partial charge in [0.05, 0.1) is 0 Å². The number of carbonyl (C=O) groups is 1. The minimum Gasteiger partial charge on any atom is -0.457 e. The normalized spacial score (nSPS) is 10.2. The second kappa shape index (κ2) is 8.69. The van der Waals surface area contributed by atoms with Crippen molar-refractivity contribution in [2.24, 2.45) is 0 Å². The summed E-state index contributed by atoms with van der Waals surface area (Å²) in [4.78, 5) is 12.0. The maximum absolute atomic E-state index is 12.0. The first-order valence-electron chi connectivity index (χ1n) is 8.46. The lowest BCUT2D eigenvalue weighted by atomic mass is 10.1. The number of rotatable bonds is 7. The lowest BCUT2D eigenvalue weighted by molar-refractivity contribution is -0.116. The zero-order valence-electron chi connectivity index (χ0n) is 14.0. The van der Waals surface area contributed by atoms with E-state index in [9.17, 15) is 4.79 Å². The highest BCUT2D eigenvalue weighted by molar-refractivity contribution is 5.90. The van der Waals surface area contributed by atoms with Crippen LogP contribution in [0.2, 0.25) is 0 Å². The molecule has 0 radical (unpaired) electrons. The van der Waals surface area contributed by atoms with Crippen molar-refractivity contribution in [2.45, 2.75) is 19.3 Å². The number of nitrogens with one attached hydrogen (secondary N) is 1. The van der Waals surface area contributed by atoms with Gasteiger partial charge in [-0.3, -0.25) is 4.79 Å². The Kier molecular flexibility index (Phi) is 5.83. The van der Waals surface area contributed by atoms with Crippen LogP contribution in [-0.4, -0.2) is 5.91 Å². The van der Waals surface area contributed by atoms with Gasteiger partial charge in [0.2, 0.25) is 5.91 Å². The Morgan fingerprint density at radius 3 is 2.04 bits per heavy atom. The van der Waals surface area contributed by atoms with E-state index in [4.69, 9.17) is 4.74 Å². The van der Waals surface area contributed by atoms with Crippen LogP contribution in [0.25, 0.3) is 0 Å². The van der Waals surface area contributed by atoms with E-state index in [1.54, 1.807) is 0 Å². The van der Waals surface area contributed by atoms with Crippen LogP contribution in [0, 0.1) is 0 Å². The molecule has 0 aliphatic heterocycles. The number of aryl methyl sites for hydroxylation is 1. The molecule has 3 nitrogen and oxygen atoms in total. The van der Waals surface area contributed by atoms with Crippen molar-refractivity contribution in [3.8, 4) is 11.5 Å². The summed E-state index contributed by atoms with van der Waals surface area (Å²) in [7, 11) is 0. The third kappa shape index (κ3) is 5.50. The monoisotopic (exact) mass is 331 g/mol. The van der Waals surface area contributed by atoms with E-state index in [2.05, 4.69) is 17.4 Å². The largest absolute Gasteiger partial charge is 0.457 e. The van der Waals surface area contributed by atoms with Gasteiger partial charge >= 0.3 is 0 Å². The number of hydrogen-bond donors (Lipinski definition) is 1. The maximum Gasteiger partial charge on any atom is 0.224 e. The zero-order chi connectivity index (χ0) is 17.3. The Hall–Kier alpha value is -3.07. The quantitative estimate of drug-likeness (QED) is 0.626. The summed E-state index contributed by atoms with van der Waals surface area (Å²) in [6.07, 6.45) is 2.26. The van der Waals surface area contributed by atoms with E-state index < -0.39 is 0 Å². The molecule has 0 heterocycles. The van der Waals surface area contributed by atoms with Gasteiger partial charge in [0, 0.05) is 12.1 Å². The molecule has 0 fully saturated rings. The SMILES string of the molecule is O=C(CCCc1ccccc1)Nc1ccc(Oc2ccccc2)cc1. The fourth-order valence-corrected chi connectivity index (χ4v) is 2.55. The van der Waals surface area contributed by atoms with Gasteiger partial charge in [0.1, 0.15) is 11.5 Å². The fourth-order valence-electron chi connectivity index (χ4n) is 2.55. The van der Waals surface area contributed by atoms with Crippen LogP contribution in [0.5, 0.6) is 11.5 Å². The van der Waals surface area contributed by atoms with Crippen LogP contribution >= 0.6 is 0 Å². The summed E-state index contributed by atoms with van der Waals surface area (Å²) < 4.78 is 5.74. The Bertz CT molecular complexity index is 783. The number of para-hydroxylation sites is 1. The van der Waals surface area contributed by atoms with Crippen LogP contribution in [0.4, 0.5) is 5.69 Å². The van der Waals surface area contributed by atoms with E-state index in [1.165, 1.54) is 5.56 Å². The molecule has 0 aliphatic carbocycles. The molecule has 0 spiro atoms. The van der Waals surface area contributed by atoms with Gasteiger partial charge in [-0.25, -0.2) is 0 Å². The van der Waals surface area contributed by atoms with Gasteiger partial charge in [-0.2, -0.15) is 0 Å². The van der Waals surface area contributed by atoms with Gasteiger partial charge in [0.15, 0.2) is 0 Å². The molecule has 25 heavy (non-hydrogen) atoms. The highest BCUT2D eigenvalue weighted by Gasteiger charge is 2.03. The summed E-state index contributed by atoms with van der Waals surface area (Å²) >= 11 is 0. The van der Waals surface area contributed by atoms with Crippen molar-refractivity contribution < 1.29 is 9.53 Å². The third-order valence-corrected chi connectivity index (χ3v) is 3.83. The third-order valence-electron chi connectivity index (χ3n) is 3.83. The molecule has 3 aromatic carbocycles. The van der Waals surface area contributed by atoms with E-state index in [-0.39, 0.29) is 5.91 Å². The first-order valence-corrected chi connectivity index (χ1v) is 8.46. The Morgan fingerprint density at radius 2 is 1.36 bits per heavy atom. The molecule has 3 aromatic rings. The van der Waals surface area contributed by atoms with Crippen LogP contribution in [0.3, 0.4) is 0 Å². The van der Waals surface area contributed by atoms with Crippen molar-refractivity contribution in [1.82, 2.24) is 0 Å². The van der Waals surface area contributed by atoms with Crippen molar-refractivity contribution in [1.29, 1.82) is 0 Å². The molecule has 0 aromatic heterocycles. The lowest BCUT2D eigenvalue weighted by Crippen LogP contribution is -2.11. The molecule has 0 saturated carbocycles. The van der Waals surface area contributed by atoms with E-state index in [0.29, 0.717) is 6.42 Å². The molecule has 3 rings (SSSR count). The van der Waals surface area contributed by atoms with Crippen LogP contribution < -0.4 is 10.1 Å². The van der Waals surface area contributed by atoms with Gasteiger partial charge in [-0.15, -0.1) is 0 Å². The molecule has 0 bridgehead atoms. The van der Waals surface area contributed by atoms with Crippen molar-refractivity contribution in [2.75, 3.05) is 5.32 Å². The molecule has 126 valence electrons. The highest BCUT2D eigenvalue weighted by Crippen LogP contribution is 2.22. The summed E-state index contributed by atoms with van der Waals surface area (Å²) in [5.74, 6) is 1.57. The van der Waals surface area contributed by atoms with Crippen molar-refractivity contribution in [3.63, 3.8) is 0 Å². The molecule has 0 atom stereocenters. The molecule has 1 N–H and O–H groups in total. The molecule has 1 amide bonds. The number of ether oxygens (including phenoxy) is 1. The second-order valence-electron chi connectivity index (χ2n) is 5.83. The summed E-state index contributed by atoms with van der Waals surface area (Å²) in [5.41, 5.74) is 2.04. The summed E-state index contributed by atoms with van der Waals surface area (Å²) in [5, 5.41) is 2.92. The van der Waals surface area contributed by atoms with Gasteiger partial charge in [-0.05, 0) is 54.8 Å². The van der Waals surface area contributed by atoms with Crippen LogP contribution in [0.1, 0.15) is 18.4 Å². The summed E-state index contributed by atoms with van der Waals surface area (Å²) in [6, 6.07) is 27.3. The van der Waals surface area contributed by atoms with Crippen molar-refractivity contribution >= 4 is 11.6 Å². The lowest BCUT2D eigenvalue weighted by Gasteiger charge is -2.08. The predicted octanol–water partition coefficient (Wildman–Crippen LogP) is 5.44. The second-order valence-corrected chi connectivity index (χ2v) is 5.83. The van der Waals surface area contributed by atoms with Crippen LogP contribution in [0.15, 0.2) is 84.9 Å². The van der Waals surface area contributed by atoms with Gasteiger partial charge in [-0.1, -0.05) is 48.5 Å². The molecule has 0 saturated heterocycles. The Labute approximate surface area is 148 Å². The number of anilines is 1. The maximum atomic E-state index is 12.0. The Balaban J connectivity index is 1.45. The number of hydrogen-bond acceptors (Lipinski definition) is 2. The molecular weight excluding hydrogens is 310 g/mol. The molecule has 0 unspecified atom stereocenters. The number of benzene rings is 3. The average molecular weight is 331 g/mol. The Morgan fingerprint density at radius 1 is 0.760 bits per heavy atom. The first-order chi connectivity index (χ1) is 12.3. The standard InChI is InChI=1S/C22H21NO2/c24-22(13-7-10-18-8-3-1-4-9-18)23-19-14-16-21(17-15-19)25-20-11-5-2-6-12-20/h1-6,8-9,11-12,14-17H,7,10,13H2,(H,23,24). The molecule has 3 heteroatoms. The minimum absolute atomic E-state index is 0.0349. The predicted molar refractivity (Wildman–Crippen MR) is 101 cm³/mol. The van der Waals surface area contributed by atoms with E-state index >= 15 is 0 Å². The molecule has 0 aliphatic rings. The molecular formula is C22H21NO2. The minimum atomic E-state index is 0.0349. The average Bonchev–Trinajstić information content (AvgIpc) is 2.65. The smallest absolute Gasteiger partial charge is 0.224 e. The number of carbonyl (C=O) groups excluding carboxylic acids is 1. The van der Waals surface area contributed by atoms with Crippen molar-refractivity contribution in [3.05, 3.63) is 90.5 Å². The topological polar surface area (TPSA) is 38.3 Å². The number of amides is 1.